The van der Waals surface area contributed by atoms with E-state index in [0.717, 1.165) is 11.4 Å². The smallest absolute Gasteiger partial charge is 0.119 e. The Labute approximate surface area is 90.3 Å². The van der Waals surface area contributed by atoms with Crippen LogP contribution in [0, 0.1) is 0 Å². The molecule has 2 aliphatic rings. The topological polar surface area (TPSA) is 42.5 Å². The molecule has 2 rings (SSSR count). The minimum atomic E-state index is -0.0294. The molecule has 0 bridgehead atoms. The van der Waals surface area contributed by atoms with Crippen LogP contribution in [0.5, 0.6) is 0 Å². The zero-order chi connectivity index (χ0) is 10.8. The molecular weight excluding hydrogens is 192 g/mol. The number of ether oxygens (including phenoxy) is 2. The van der Waals surface area contributed by atoms with Gasteiger partial charge in [-0.05, 0) is 6.92 Å². The van der Waals surface area contributed by atoms with Gasteiger partial charge < -0.3 is 20.1 Å². The lowest BCUT2D eigenvalue weighted by molar-refractivity contribution is -0.0206. The van der Waals surface area contributed by atoms with Gasteiger partial charge in [0.05, 0.1) is 25.9 Å². The van der Waals surface area contributed by atoms with Crippen molar-refractivity contribution < 1.29 is 9.47 Å². The molecule has 0 amide bonds. The lowest BCUT2D eigenvalue weighted by Crippen LogP contribution is -2.55. The summed E-state index contributed by atoms with van der Waals surface area (Å²) in [6.45, 7) is 11.8. The highest BCUT2D eigenvalue weighted by atomic mass is 16.5. The second-order valence-corrected chi connectivity index (χ2v) is 4.19. The third-order valence-electron chi connectivity index (χ3n) is 2.63. The Bertz CT molecular complexity index is 278. The molecule has 2 heterocycles. The molecule has 0 radical (unpaired) electrons. The summed E-state index contributed by atoms with van der Waals surface area (Å²) in [5, 5.41) is 6.58. The van der Waals surface area contributed by atoms with Gasteiger partial charge in [-0.2, -0.15) is 0 Å². The van der Waals surface area contributed by atoms with Gasteiger partial charge in [0.2, 0.25) is 0 Å². The lowest BCUT2D eigenvalue weighted by Gasteiger charge is -2.38. The van der Waals surface area contributed by atoms with Crippen molar-refractivity contribution in [3.63, 3.8) is 0 Å². The lowest BCUT2D eigenvalue weighted by atomic mass is 10.1. The normalized spacial score (nSPS) is 37.0. The fourth-order valence-corrected chi connectivity index (χ4v) is 1.97. The summed E-state index contributed by atoms with van der Waals surface area (Å²) in [6, 6.07) is 0.459. The van der Waals surface area contributed by atoms with Gasteiger partial charge >= 0.3 is 0 Å². The van der Waals surface area contributed by atoms with E-state index in [4.69, 9.17) is 9.47 Å². The molecule has 4 heteroatoms. The molecule has 2 fully saturated rings. The predicted octanol–water partition coefficient (Wildman–Crippen LogP) is 0.379. The van der Waals surface area contributed by atoms with E-state index in [0.29, 0.717) is 25.9 Å². The minimum Gasteiger partial charge on any atom is -0.382 e. The standard InChI is InChI=1S/C11H18N2O2/c1-7-4-14-6-10(13-7)11-9(3)12-8(2)5-15-11/h8,10-13H,1,3-6H2,2H3. The van der Waals surface area contributed by atoms with Crippen molar-refractivity contribution in [2.45, 2.75) is 25.1 Å². The second kappa shape index (κ2) is 4.24. The number of nitrogens with one attached hydrogen (secondary N) is 2. The Morgan fingerprint density at radius 1 is 1.27 bits per heavy atom. The fraction of sp³-hybridized carbons (Fsp3) is 0.636. The molecule has 0 aromatic rings. The van der Waals surface area contributed by atoms with Crippen molar-refractivity contribution in [3.05, 3.63) is 24.6 Å². The number of morpholine rings is 2. The zero-order valence-corrected chi connectivity index (χ0v) is 9.08. The van der Waals surface area contributed by atoms with Gasteiger partial charge in [0.15, 0.2) is 0 Å². The van der Waals surface area contributed by atoms with Crippen molar-refractivity contribution in [1.82, 2.24) is 10.6 Å². The molecular formula is C11H18N2O2. The molecule has 0 aromatic heterocycles. The van der Waals surface area contributed by atoms with E-state index >= 15 is 0 Å². The highest BCUT2D eigenvalue weighted by Crippen LogP contribution is 2.17. The van der Waals surface area contributed by atoms with E-state index in [2.05, 4.69) is 30.7 Å². The molecule has 3 atom stereocenters. The summed E-state index contributed by atoms with van der Waals surface area (Å²) in [5.74, 6) is 0. The van der Waals surface area contributed by atoms with E-state index in [9.17, 15) is 0 Å². The van der Waals surface area contributed by atoms with Crippen LogP contribution in [0.1, 0.15) is 6.92 Å². The van der Waals surface area contributed by atoms with Gasteiger partial charge in [-0.15, -0.1) is 0 Å². The summed E-state index contributed by atoms with van der Waals surface area (Å²) in [4.78, 5) is 0. The monoisotopic (exact) mass is 210 g/mol. The summed E-state index contributed by atoms with van der Waals surface area (Å²) < 4.78 is 11.2. The van der Waals surface area contributed by atoms with Crippen LogP contribution >= 0.6 is 0 Å². The number of hydrogen-bond donors (Lipinski definition) is 2. The molecule has 0 aliphatic carbocycles. The Hall–Kier alpha value is -1.00. The number of hydrogen-bond acceptors (Lipinski definition) is 4. The Kier molecular flexibility index (Phi) is 2.98. The van der Waals surface area contributed by atoms with Crippen molar-refractivity contribution in [2.75, 3.05) is 19.8 Å². The van der Waals surface area contributed by atoms with Crippen LogP contribution in [-0.4, -0.2) is 38.0 Å². The van der Waals surface area contributed by atoms with Crippen molar-refractivity contribution in [1.29, 1.82) is 0 Å². The molecule has 4 nitrogen and oxygen atoms in total. The largest absolute Gasteiger partial charge is 0.382 e. The quantitative estimate of drug-likeness (QED) is 0.656. The van der Waals surface area contributed by atoms with Crippen molar-refractivity contribution in [2.24, 2.45) is 0 Å². The van der Waals surface area contributed by atoms with Gasteiger partial charge in [-0.3, -0.25) is 0 Å². The van der Waals surface area contributed by atoms with Crippen LogP contribution in [0.2, 0.25) is 0 Å². The van der Waals surface area contributed by atoms with E-state index in [1.807, 2.05) is 0 Å². The molecule has 2 N–H and O–H groups in total. The molecule has 15 heavy (non-hydrogen) atoms. The number of rotatable bonds is 1. The van der Waals surface area contributed by atoms with Gasteiger partial charge in [0.25, 0.3) is 0 Å². The first-order chi connectivity index (χ1) is 7.16. The van der Waals surface area contributed by atoms with Crippen LogP contribution in [0.3, 0.4) is 0 Å². The molecule has 0 saturated carbocycles. The van der Waals surface area contributed by atoms with Crippen LogP contribution < -0.4 is 10.6 Å². The maximum Gasteiger partial charge on any atom is 0.119 e. The molecule has 84 valence electrons. The third kappa shape index (κ3) is 2.33. The minimum absolute atomic E-state index is 0.0294. The summed E-state index contributed by atoms with van der Waals surface area (Å²) in [6.07, 6.45) is -0.0294. The Morgan fingerprint density at radius 2 is 2.07 bits per heavy atom. The zero-order valence-electron chi connectivity index (χ0n) is 9.08. The first kappa shape index (κ1) is 10.5. The van der Waals surface area contributed by atoms with Gasteiger partial charge in [-0.1, -0.05) is 13.2 Å². The highest BCUT2D eigenvalue weighted by Gasteiger charge is 2.31. The highest BCUT2D eigenvalue weighted by molar-refractivity contribution is 5.12. The summed E-state index contributed by atoms with van der Waals surface area (Å²) in [7, 11) is 0. The summed E-state index contributed by atoms with van der Waals surface area (Å²) >= 11 is 0. The van der Waals surface area contributed by atoms with E-state index < -0.39 is 0 Å². The fourth-order valence-electron chi connectivity index (χ4n) is 1.97. The van der Waals surface area contributed by atoms with Gasteiger partial charge in [0, 0.05) is 17.4 Å². The Balaban J connectivity index is 1.97. The van der Waals surface area contributed by atoms with Crippen LogP contribution in [0.25, 0.3) is 0 Å². The van der Waals surface area contributed by atoms with E-state index in [-0.39, 0.29) is 12.1 Å². The van der Waals surface area contributed by atoms with Crippen LogP contribution in [0.15, 0.2) is 24.6 Å². The molecule has 3 unspecified atom stereocenters. The second-order valence-electron chi connectivity index (χ2n) is 4.19. The molecule has 0 aromatic carbocycles. The van der Waals surface area contributed by atoms with Crippen molar-refractivity contribution >= 4 is 0 Å². The Morgan fingerprint density at radius 3 is 2.73 bits per heavy atom. The van der Waals surface area contributed by atoms with E-state index in [1.165, 1.54) is 0 Å². The van der Waals surface area contributed by atoms with Crippen molar-refractivity contribution in [3.8, 4) is 0 Å². The molecule has 0 spiro atoms. The average molecular weight is 210 g/mol. The maximum atomic E-state index is 5.74. The van der Waals surface area contributed by atoms with Crippen LogP contribution in [-0.2, 0) is 9.47 Å². The first-order valence-corrected chi connectivity index (χ1v) is 5.26. The molecule has 2 aliphatic heterocycles. The third-order valence-corrected chi connectivity index (χ3v) is 2.63. The first-order valence-electron chi connectivity index (χ1n) is 5.26. The van der Waals surface area contributed by atoms with Crippen LogP contribution in [0.4, 0.5) is 0 Å². The SMILES string of the molecule is C=C1COCC(C2OCC(C)NC2=C)N1. The summed E-state index contributed by atoms with van der Waals surface area (Å²) in [5.41, 5.74) is 1.82. The average Bonchev–Trinajstić information content (AvgIpc) is 2.17. The van der Waals surface area contributed by atoms with E-state index in [1.54, 1.807) is 0 Å². The van der Waals surface area contributed by atoms with Gasteiger partial charge in [0.1, 0.15) is 6.10 Å². The predicted molar refractivity (Wildman–Crippen MR) is 58.4 cm³/mol. The van der Waals surface area contributed by atoms with Gasteiger partial charge in [-0.25, -0.2) is 0 Å². The maximum absolute atomic E-state index is 5.74. The molecule has 2 saturated heterocycles.